The summed E-state index contributed by atoms with van der Waals surface area (Å²) in [4.78, 5) is 0. The van der Waals surface area contributed by atoms with Crippen LogP contribution in [-0.4, -0.2) is 42.8 Å². The number of ether oxygens (including phenoxy) is 2. The van der Waals surface area contributed by atoms with E-state index >= 15 is 0 Å². The molecule has 0 radical (unpaired) electrons. The van der Waals surface area contributed by atoms with Gasteiger partial charge in [-0.1, -0.05) is 0 Å². The van der Waals surface area contributed by atoms with Crippen molar-refractivity contribution in [2.24, 2.45) is 12.8 Å². The average molecular weight is 320 g/mol. The molecule has 18 heavy (non-hydrogen) atoms. The Morgan fingerprint density at radius 2 is 2.11 bits per heavy atom. The second-order valence-corrected chi connectivity index (χ2v) is 5.12. The Labute approximate surface area is 117 Å². The second-order valence-electron chi connectivity index (χ2n) is 4.33. The van der Waals surface area contributed by atoms with Gasteiger partial charge in [-0.2, -0.15) is 5.10 Å². The first-order chi connectivity index (χ1) is 8.56. The van der Waals surface area contributed by atoms with Crippen LogP contribution in [0.3, 0.4) is 0 Å². The number of nitrogens with zero attached hydrogens (tertiary/aromatic N) is 2. The van der Waals surface area contributed by atoms with Gasteiger partial charge in [0.2, 0.25) is 0 Å². The number of methoxy groups -OCH3 is 1. The predicted octanol–water partition coefficient (Wildman–Crippen LogP) is 1.41. The van der Waals surface area contributed by atoms with Crippen molar-refractivity contribution in [3.05, 3.63) is 15.9 Å². The molecule has 0 aliphatic heterocycles. The van der Waals surface area contributed by atoms with Gasteiger partial charge in [0.15, 0.2) is 0 Å². The van der Waals surface area contributed by atoms with Crippen LogP contribution in [0.15, 0.2) is 4.47 Å². The minimum Gasteiger partial charge on any atom is -0.382 e. The lowest BCUT2D eigenvalue weighted by molar-refractivity contribution is 0.0672. The van der Waals surface area contributed by atoms with Gasteiger partial charge in [-0.05, 0) is 29.3 Å². The van der Waals surface area contributed by atoms with Crippen molar-refractivity contribution < 1.29 is 9.47 Å². The maximum absolute atomic E-state index is 6.09. The van der Waals surface area contributed by atoms with E-state index in [2.05, 4.69) is 21.0 Å². The van der Waals surface area contributed by atoms with Gasteiger partial charge < -0.3 is 15.2 Å². The number of aromatic nitrogens is 2. The highest BCUT2D eigenvalue weighted by Crippen LogP contribution is 2.21. The topological polar surface area (TPSA) is 62.3 Å². The summed E-state index contributed by atoms with van der Waals surface area (Å²) in [5.74, 6) is 0. The molecule has 0 saturated carbocycles. The summed E-state index contributed by atoms with van der Waals surface area (Å²) >= 11 is 3.55. The quantitative estimate of drug-likeness (QED) is 0.736. The molecule has 0 fully saturated rings. The highest BCUT2D eigenvalue weighted by molar-refractivity contribution is 9.10. The Kier molecular flexibility index (Phi) is 6.85. The molecule has 0 spiro atoms. The van der Waals surface area contributed by atoms with Crippen LogP contribution in [0.4, 0.5) is 0 Å². The summed E-state index contributed by atoms with van der Waals surface area (Å²) in [5, 5.41) is 4.35. The molecule has 1 unspecified atom stereocenters. The lowest BCUT2D eigenvalue weighted by atomic mass is 10.1. The normalized spacial score (nSPS) is 12.9. The first-order valence-electron chi connectivity index (χ1n) is 6.06. The first-order valence-corrected chi connectivity index (χ1v) is 6.85. The number of halogens is 1. The fraction of sp³-hybridized carbons (Fsp3) is 0.750. The minimum absolute atomic E-state index is 0.0821. The molecule has 0 aliphatic carbocycles. The van der Waals surface area contributed by atoms with Gasteiger partial charge in [-0.25, -0.2) is 0 Å². The molecule has 0 saturated heterocycles. The van der Waals surface area contributed by atoms with Crippen LogP contribution in [0.1, 0.15) is 17.8 Å². The molecular formula is C12H22BrN3O2. The molecule has 1 heterocycles. The smallest absolute Gasteiger partial charge is 0.0738 e. The van der Waals surface area contributed by atoms with E-state index in [0.717, 1.165) is 28.7 Å². The zero-order chi connectivity index (χ0) is 13.5. The van der Waals surface area contributed by atoms with E-state index in [-0.39, 0.29) is 6.04 Å². The van der Waals surface area contributed by atoms with Gasteiger partial charge in [-0.3, -0.25) is 4.68 Å². The predicted molar refractivity (Wildman–Crippen MR) is 74.6 cm³/mol. The average Bonchev–Trinajstić information content (AvgIpc) is 2.56. The fourth-order valence-electron chi connectivity index (χ4n) is 1.73. The monoisotopic (exact) mass is 319 g/mol. The van der Waals surface area contributed by atoms with Gasteiger partial charge in [-0.15, -0.1) is 0 Å². The van der Waals surface area contributed by atoms with Crippen molar-refractivity contribution in [2.75, 3.05) is 26.9 Å². The third kappa shape index (κ3) is 4.68. The molecule has 2 N–H and O–H groups in total. The standard InChI is InChI=1S/C12H22BrN3O2/c1-9-12(13)11(16(2)15-9)8-10(14)4-5-18-7-6-17-3/h10H,4-8,14H2,1-3H3. The first kappa shape index (κ1) is 15.6. The third-order valence-corrected chi connectivity index (χ3v) is 3.81. The van der Waals surface area contributed by atoms with Crippen molar-refractivity contribution in [3.63, 3.8) is 0 Å². The molecule has 0 aromatic carbocycles. The van der Waals surface area contributed by atoms with Gasteiger partial charge in [0.1, 0.15) is 0 Å². The molecule has 1 rings (SSSR count). The van der Waals surface area contributed by atoms with Crippen LogP contribution in [0.25, 0.3) is 0 Å². The Morgan fingerprint density at radius 3 is 2.67 bits per heavy atom. The highest BCUT2D eigenvalue weighted by atomic mass is 79.9. The van der Waals surface area contributed by atoms with Gasteiger partial charge in [0.25, 0.3) is 0 Å². The van der Waals surface area contributed by atoms with E-state index in [4.69, 9.17) is 15.2 Å². The molecule has 1 atom stereocenters. The maximum atomic E-state index is 6.09. The number of rotatable bonds is 8. The summed E-state index contributed by atoms with van der Waals surface area (Å²) < 4.78 is 13.2. The van der Waals surface area contributed by atoms with Crippen molar-refractivity contribution in [3.8, 4) is 0 Å². The largest absolute Gasteiger partial charge is 0.382 e. The van der Waals surface area contributed by atoms with Crippen LogP contribution < -0.4 is 5.73 Å². The van der Waals surface area contributed by atoms with Crippen molar-refractivity contribution >= 4 is 15.9 Å². The third-order valence-electron chi connectivity index (χ3n) is 2.78. The van der Waals surface area contributed by atoms with E-state index < -0.39 is 0 Å². The molecule has 1 aromatic rings. The molecule has 5 nitrogen and oxygen atoms in total. The lowest BCUT2D eigenvalue weighted by Crippen LogP contribution is -2.26. The van der Waals surface area contributed by atoms with Crippen molar-refractivity contribution in [1.29, 1.82) is 0 Å². The zero-order valence-electron chi connectivity index (χ0n) is 11.3. The summed E-state index contributed by atoms with van der Waals surface area (Å²) in [6.07, 6.45) is 1.63. The number of nitrogens with two attached hydrogens (primary N) is 1. The van der Waals surface area contributed by atoms with Crippen molar-refractivity contribution in [1.82, 2.24) is 9.78 Å². The Morgan fingerprint density at radius 1 is 1.39 bits per heavy atom. The van der Waals surface area contributed by atoms with E-state index in [9.17, 15) is 0 Å². The van der Waals surface area contributed by atoms with Crippen LogP contribution in [0, 0.1) is 6.92 Å². The van der Waals surface area contributed by atoms with E-state index in [1.807, 2.05) is 18.7 Å². The maximum Gasteiger partial charge on any atom is 0.0738 e. The lowest BCUT2D eigenvalue weighted by Gasteiger charge is -2.12. The Bertz CT molecular complexity index is 368. The van der Waals surface area contributed by atoms with Crippen LogP contribution in [0.2, 0.25) is 0 Å². The molecule has 6 heteroatoms. The molecule has 0 aliphatic rings. The molecule has 104 valence electrons. The molecule has 1 aromatic heterocycles. The van der Waals surface area contributed by atoms with Crippen LogP contribution in [-0.2, 0) is 22.9 Å². The number of hydrogen-bond acceptors (Lipinski definition) is 4. The molecule has 0 bridgehead atoms. The number of hydrogen-bond donors (Lipinski definition) is 1. The zero-order valence-corrected chi connectivity index (χ0v) is 12.9. The van der Waals surface area contributed by atoms with Gasteiger partial charge in [0, 0.05) is 33.2 Å². The van der Waals surface area contributed by atoms with Gasteiger partial charge in [0.05, 0.1) is 29.1 Å². The second kappa shape index (κ2) is 7.89. The summed E-state index contributed by atoms with van der Waals surface area (Å²) in [5.41, 5.74) is 8.23. The van der Waals surface area contributed by atoms with Crippen LogP contribution in [0.5, 0.6) is 0 Å². The Balaban J connectivity index is 2.33. The fourth-order valence-corrected chi connectivity index (χ4v) is 2.23. The SMILES string of the molecule is COCCOCCC(N)Cc1c(Br)c(C)nn1C. The number of aryl methyl sites for hydroxylation is 2. The van der Waals surface area contributed by atoms with E-state index in [0.29, 0.717) is 19.8 Å². The van der Waals surface area contributed by atoms with Gasteiger partial charge >= 0.3 is 0 Å². The van der Waals surface area contributed by atoms with E-state index in [1.54, 1.807) is 7.11 Å². The summed E-state index contributed by atoms with van der Waals surface area (Å²) in [7, 11) is 3.60. The molecule has 0 amide bonds. The van der Waals surface area contributed by atoms with Crippen molar-refractivity contribution in [2.45, 2.75) is 25.8 Å². The summed E-state index contributed by atoms with van der Waals surface area (Å²) in [6, 6.07) is 0.0821. The minimum atomic E-state index is 0.0821. The Hall–Kier alpha value is -0.430. The molecular weight excluding hydrogens is 298 g/mol. The highest BCUT2D eigenvalue weighted by Gasteiger charge is 2.14. The van der Waals surface area contributed by atoms with E-state index in [1.165, 1.54) is 0 Å². The summed E-state index contributed by atoms with van der Waals surface area (Å²) in [6.45, 7) is 3.89. The van der Waals surface area contributed by atoms with Crippen LogP contribution >= 0.6 is 15.9 Å².